The van der Waals surface area contributed by atoms with Gasteiger partial charge in [-0.3, -0.25) is 0 Å². The van der Waals surface area contributed by atoms with Crippen molar-refractivity contribution in [2.75, 3.05) is 19.0 Å². The summed E-state index contributed by atoms with van der Waals surface area (Å²) >= 11 is 0. The van der Waals surface area contributed by atoms with E-state index in [1.165, 1.54) is 0 Å². The highest BCUT2D eigenvalue weighted by Crippen LogP contribution is 2.28. The van der Waals surface area contributed by atoms with Crippen LogP contribution in [0, 0.1) is 6.92 Å². The molecule has 0 fully saturated rings. The average Bonchev–Trinajstić information content (AvgIpc) is 2.47. The molecule has 3 aromatic rings. The predicted molar refractivity (Wildman–Crippen MR) is 87.0 cm³/mol. The second-order valence-corrected chi connectivity index (χ2v) is 5.33. The minimum atomic E-state index is -0.290. The van der Waals surface area contributed by atoms with Gasteiger partial charge in [0.25, 0.3) is 0 Å². The molecule has 0 saturated carbocycles. The molecular weight excluding hydrogens is 262 g/mol. The molecule has 0 bridgehead atoms. The molecule has 1 heterocycles. The highest BCUT2D eigenvalue weighted by atomic mass is 16.4. The van der Waals surface area contributed by atoms with Crippen LogP contribution in [0.4, 0.5) is 5.69 Å². The minimum absolute atomic E-state index is 0.290. The first-order valence-corrected chi connectivity index (χ1v) is 6.88. The van der Waals surface area contributed by atoms with Crippen LogP contribution >= 0.6 is 0 Å². The summed E-state index contributed by atoms with van der Waals surface area (Å²) in [5.41, 5.74) is 3.84. The molecule has 0 spiro atoms. The zero-order valence-electron chi connectivity index (χ0n) is 12.4. The van der Waals surface area contributed by atoms with E-state index in [9.17, 15) is 4.79 Å². The summed E-state index contributed by atoms with van der Waals surface area (Å²) < 4.78 is 5.54. The van der Waals surface area contributed by atoms with E-state index < -0.39 is 0 Å². The lowest BCUT2D eigenvalue weighted by Crippen LogP contribution is -2.09. The van der Waals surface area contributed by atoms with Crippen molar-refractivity contribution in [1.82, 2.24) is 0 Å². The molecule has 0 amide bonds. The molecule has 1 aromatic heterocycles. The number of hydrogen-bond donors (Lipinski definition) is 0. The van der Waals surface area contributed by atoms with E-state index in [0.29, 0.717) is 11.1 Å². The molecular formula is C18H17NO2. The van der Waals surface area contributed by atoms with Gasteiger partial charge in [0.15, 0.2) is 0 Å². The molecule has 3 nitrogen and oxygen atoms in total. The van der Waals surface area contributed by atoms with E-state index in [4.69, 9.17) is 4.42 Å². The van der Waals surface area contributed by atoms with Crippen LogP contribution in [-0.4, -0.2) is 14.1 Å². The van der Waals surface area contributed by atoms with E-state index in [1.807, 2.05) is 74.4 Å². The Morgan fingerprint density at radius 1 is 1.00 bits per heavy atom. The van der Waals surface area contributed by atoms with Crippen molar-refractivity contribution in [3.05, 3.63) is 64.5 Å². The molecule has 0 aliphatic rings. The Balaban J connectivity index is 2.30. The molecule has 0 aliphatic carbocycles. The largest absolute Gasteiger partial charge is 0.422 e. The van der Waals surface area contributed by atoms with Crippen LogP contribution in [-0.2, 0) is 0 Å². The fraction of sp³-hybridized carbons (Fsp3) is 0.167. The number of fused-ring (bicyclic) bond motifs is 1. The van der Waals surface area contributed by atoms with Crippen LogP contribution in [0.25, 0.3) is 22.1 Å². The van der Waals surface area contributed by atoms with Gasteiger partial charge in [0, 0.05) is 31.2 Å². The third-order valence-corrected chi connectivity index (χ3v) is 3.73. The van der Waals surface area contributed by atoms with Gasteiger partial charge >= 0.3 is 5.63 Å². The quantitative estimate of drug-likeness (QED) is 0.668. The van der Waals surface area contributed by atoms with E-state index in [0.717, 1.165) is 22.2 Å². The number of nitrogens with zero attached hydrogens (tertiary/aromatic N) is 1. The Bertz CT molecular complexity index is 848. The third-order valence-electron chi connectivity index (χ3n) is 3.73. The lowest BCUT2D eigenvalue weighted by Gasteiger charge is -2.14. The molecule has 0 unspecified atom stereocenters. The Hall–Kier alpha value is -2.55. The number of rotatable bonds is 2. The lowest BCUT2D eigenvalue weighted by molar-refractivity contribution is 0.562. The molecule has 3 rings (SSSR count). The highest BCUT2D eigenvalue weighted by molar-refractivity contribution is 5.88. The maximum Gasteiger partial charge on any atom is 0.344 e. The van der Waals surface area contributed by atoms with Gasteiger partial charge in [-0.2, -0.15) is 0 Å². The number of benzene rings is 2. The Morgan fingerprint density at radius 2 is 1.71 bits per heavy atom. The minimum Gasteiger partial charge on any atom is -0.422 e. The highest BCUT2D eigenvalue weighted by Gasteiger charge is 2.13. The van der Waals surface area contributed by atoms with Crippen molar-refractivity contribution in [3.63, 3.8) is 0 Å². The zero-order valence-corrected chi connectivity index (χ0v) is 12.4. The van der Waals surface area contributed by atoms with Crippen molar-refractivity contribution in [2.24, 2.45) is 0 Å². The topological polar surface area (TPSA) is 33.5 Å². The van der Waals surface area contributed by atoms with Crippen LogP contribution in [0.1, 0.15) is 5.56 Å². The van der Waals surface area contributed by atoms with E-state index in [-0.39, 0.29) is 5.63 Å². The maximum absolute atomic E-state index is 12.4. The molecule has 106 valence electrons. The van der Waals surface area contributed by atoms with Gasteiger partial charge in [-0.05, 0) is 30.2 Å². The lowest BCUT2D eigenvalue weighted by atomic mass is 9.99. The Morgan fingerprint density at radius 3 is 2.38 bits per heavy atom. The number of hydrogen-bond acceptors (Lipinski definition) is 3. The Labute approximate surface area is 123 Å². The van der Waals surface area contributed by atoms with Gasteiger partial charge in [-0.15, -0.1) is 0 Å². The van der Waals surface area contributed by atoms with E-state index >= 15 is 0 Å². The summed E-state index contributed by atoms with van der Waals surface area (Å²) in [6, 6.07) is 15.6. The van der Waals surface area contributed by atoms with Crippen LogP contribution in [0.5, 0.6) is 0 Å². The molecule has 3 heteroatoms. The molecule has 21 heavy (non-hydrogen) atoms. The van der Waals surface area contributed by atoms with Gasteiger partial charge in [0.2, 0.25) is 0 Å². The normalized spacial score (nSPS) is 10.8. The van der Waals surface area contributed by atoms with Crippen LogP contribution in [0.2, 0.25) is 0 Å². The standard InChI is InChI=1S/C18H17NO2/c1-12-15-10-9-14(19(2)3)11-16(15)21-18(20)17(12)13-7-5-4-6-8-13/h4-11H,1-3H3. The zero-order chi connectivity index (χ0) is 15.0. The monoisotopic (exact) mass is 279 g/mol. The summed E-state index contributed by atoms with van der Waals surface area (Å²) in [5.74, 6) is 0. The maximum atomic E-state index is 12.4. The molecule has 0 saturated heterocycles. The van der Waals surface area contributed by atoms with Crippen molar-refractivity contribution in [1.29, 1.82) is 0 Å². The van der Waals surface area contributed by atoms with Crippen molar-refractivity contribution >= 4 is 16.7 Å². The second kappa shape index (κ2) is 5.09. The molecule has 0 aliphatic heterocycles. The summed E-state index contributed by atoms with van der Waals surface area (Å²) in [4.78, 5) is 14.3. The van der Waals surface area contributed by atoms with Crippen molar-refractivity contribution < 1.29 is 4.42 Å². The first kappa shape index (κ1) is 13.4. The van der Waals surface area contributed by atoms with Gasteiger partial charge in [-0.25, -0.2) is 4.79 Å². The number of anilines is 1. The molecule has 0 atom stereocenters. The SMILES string of the molecule is Cc1c(-c2ccccc2)c(=O)oc2cc(N(C)C)ccc12. The van der Waals surface area contributed by atoms with Gasteiger partial charge in [-0.1, -0.05) is 30.3 Å². The number of aryl methyl sites for hydroxylation is 1. The van der Waals surface area contributed by atoms with Crippen molar-refractivity contribution in [3.8, 4) is 11.1 Å². The summed E-state index contributed by atoms with van der Waals surface area (Å²) in [6.45, 7) is 1.97. The van der Waals surface area contributed by atoms with Crippen molar-refractivity contribution in [2.45, 2.75) is 6.92 Å². The molecule has 2 aromatic carbocycles. The fourth-order valence-electron chi connectivity index (χ4n) is 2.56. The first-order chi connectivity index (χ1) is 10.1. The van der Waals surface area contributed by atoms with Crippen LogP contribution in [0.3, 0.4) is 0 Å². The molecule has 0 N–H and O–H groups in total. The van der Waals surface area contributed by atoms with E-state index in [1.54, 1.807) is 0 Å². The average molecular weight is 279 g/mol. The summed E-state index contributed by atoms with van der Waals surface area (Å²) in [7, 11) is 3.93. The Kier molecular flexibility index (Phi) is 3.26. The summed E-state index contributed by atoms with van der Waals surface area (Å²) in [5, 5.41) is 0.971. The second-order valence-electron chi connectivity index (χ2n) is 5.33. The van der Waals surface area contributed by atoms with Crippen LogP contribution in [0.15, 0.2) is 57.7 Å². The third kappa shape index (κ3) is 2.31. The molecule has 0 radical (unpaired) electrons. The smallest absolute Gasteiger partial charge is 0.344 e. The summed E-state index contributed by atoms with van der Waals surface area (Å²) in [6.07, 6.45) is 0. The van der Waals surface area contributed by atoms with E-state index in [2.05, 4.69) is 0 Å². The predicted octanol–water partition coefficient (Wildman–Crippen LogP) is 3.83. The van der Waals surface area contributed by atoms with Gasteiger partial charge < -0.3 is 9.32 Å². The van der Waals surface area contributed by atoms with Gasteiger partial charge in [0.05, 0.1) is 5.56 Å². The fourth-order valence-corrected chi connectivity index (χ4v) is 2.56. The first-order valence-electron chi connectivity index (χ1n) is 6.88. The van der Waals surface area contributed by atoms with Crippen LogP contribution < -0.4 is 10.5 Å². The van der Waals surface area contributed by atoms with Gasteiger partial charge in [0.1, 0.15) is 5.58 Å².